The zero-order valence-electron chi connectivity index (χ0n) is 14.0. The molecule has 0 bridgehead atoms. The number of benzene rings is 2. The molecule has 0 aliphatic rings. The van der Waals surface area contributed by atoms with E-state index in [1.165, 1.54) is 30.3 Å². The number of nitrogens with two attached hydrogens (primary N) is 1. The Labute approximate surface area is 155 Å². The number of hydrogen-bond acceptors (Lipinski definition) is 6. The molecule has 0 fully saturated rings. The molecule has 0 unspecified atom stereocenters. The molecule has 0 atom stereocenters. The van der Waals surface area contributed by atoms with Crippen molar-refractivity contribution >= 4 is 32.0 Å². The molecule has 0 aliphatic carbocycles. The average molecular weight is 412 g/mol. The van der Waals surface area contributed by atoms with Crippen LogP contribution in [0.4, 0.5) is 4.79 Å². The van der Waals surface area contributed by atoms with E-state index in [9.17, 15) is 26.4 Å². The van der Waals surface area contributed by atoms with E-state index in [4.69, 9.17) is 5.14 Å². The fourth-order valence-electron chi connectivity index (χ4n) is 2.14. The third-order valence-electron chi connectivity index (χ3n) is 3.34. The van der Waals surface area contributed by atoms with Gasteiger partial charge < -0.3 is 0 Å². The summed E-state index contributed by atoms with van der Waals surface area (Å²) in [7, 11) is -8.34. The molecular formula is C15H16N4O6S2. The number of sulfonamides is 2. The normalized spacial score (nSPS) is 11.5. The van der Waals surface area contributed by atoms with Gasteiger partial charge >= 0.3 is 6.03 Å². The van der Waals surface area contributed by atoms with Crippen molar-refractivity contribution in [2.24, 2.45) is 5.14 Å². The number of aryl methyl sites for hydroxylation is 1. The van der Waals surface area contributed by atoms with Gasteiger partial charge in [-0.2, -0.15) is 0 Å². The molecule has 5 N–H and O–H groups in total. The fraction of sp³-hybridized carbons (Fsp3) is 0.0667. The number of hydrazine groups is 1. The Hall–Kier alpha value is -2.96. The molecule has 0 saturated heterocycles. The summed E-state index contributed by atoms with van der Waals surface area (Å²) in [5, 5.41) is 5.03. The van der Waals surface area contributed by atoms with Gasteiger partial charge in [-0.05, 0) is 30.7 Å². The van der Waals surface area contributed by atoms with Crippen LogP contribution < -0.4 is 20.7 Å². The van der Waals surface area contributed by atoms with Crippen molar-refractivity contribution in [3.05, 3.63) is 59.7 Å². The Morgan fingerprint density at radius 3 is 2.00 bits per heavy atom. The first kappa shape index (κ1) is 20.4. The molecule has 2 aromatic rings. The number of amides is 3. The lowest BCUT2D eigenvalue weighted by atomic mass is 10.2. The van der Waals surface area contributed by atoms with Gasteiger partial charge in [0, 0.05) is 0 Å². The quantitative estimate of drug-likeness (QED) is 0.515. The fourth-order valence-corrected chi connectivity index (χ4v) is 4.03. The Morgan fingerprint density at radius 1 is 0.852 bits per heavy atom. The minimum Gasteiger partial charge on any atom is -0.267 e. The standard InChI is InChI=1S/C15H16N4O6S2/c1-10-6-2-4-8-12(10)27(24,25)19-15(21)18-17-14(20)11-7-3-5-9-13(11)26(16,22)23/h2-9H,1H3,(H,17,20)(H2,16,22,23)(H2,18,19,21). The molecule has 0 heterocycles. The summed E-state index contributed by atoms with van der Waals surface area (Å²) in [6.07, 6.45) is 0. The number of hydrogen-bond donors (Lipinski definition) is 4. The summed E-state index contributed by atoms with van der Waals surface area (Å²) >= 11 is 0. The molecule has 0 aromatic heterocycles. The zero-order valence-corrected chi connectivity index (χ0v) is 15.6. The van der Waals surface area contributed by atoms with E-state index >= 15 is 0 Å². The summed E-state index contributed by atoms with van der Waals surface area (Å²) in [5.74, 6) is -0.997. The molecule has 0 radical (unpaired) electrons. The van der Waals surface area contributed by atoms with Crippen LogP contribution in [0.5, 0.6) is 0 Å². The van der Waals surface area contributed by atoms with E-state index in [1.807, 2.05) is 10.9 Å². The minimum absolute atomic E-state index is 0.106. The highest BCUT2D eigenvalue weighted by molar-refractivity contribution is 7.90. The van der Waals surface area contributed by atoms with Crippen LogP contribution in [0.3, 0.4) is 0 Å². The van der Waals surface area contributed by atoms with Gasteiger partial charge in [-0.15, -0.1) is 0 Å². The van der Waals surface area contributed by atoms with Crippen LogP contribution in [0.15, 0.2) is 58.3 Å². The largest absolute Gasteiger partial charge is 0.347 e. The highest BCUT2D eigenvalue weighted by Crippen LogP contribution is 2.14. The Bertz CT molecular complexity index is 1100. The van der Waals surface area contributed by atoms with E-state index in [2.05, 4.69) is 0 Å². The van der Waals surface area contributed by atoms with Gasteiger partial charge in [-0.1, -0.05) is 30.3 Å². The predicted octanol–water partition coefficient (Wildman–Crippen LogP) is -0.0247. The van der Waals surface area contributed by atoms with Gasteiger partial charge in [-0.25, -0.2) is 36.9 Å². The Kier molecular flexibility index (Phi) is 5.83. The third-order valence-corrected chi connectivity index (χ3v) is 5.80. The van der Waals surface area contributed by atoms with Crippen molar-refractivity contribution < 1.29 is 26.4 Å². The first-order chi connectivity index (χ1) is 12.5. The highest BCUT2D eigenvalue weighted by Gasteiger charge is 2.21. The first-order valence-electron chi connectivity index (χ1n) is 7.33. The number of urea groups is 1. The van der Waals surface area contributed by atoms with E-state index in [0.717, 1.165) is 6.07 Å². The van der Waals surface area contributed by atoms with Crippen molar-refractivity contribution in [3.63, 3.8) is 0 Å². The molecule has 144 valence electrons. The van der Waals surface area contributed by atoms with Crippen LogP contribution in [0.2, 0.25) is 0 Å². The second kappa shape index (κ2) is 7.73. The van der Waals surface area contributed by atoms with Gasteiger partial charge in [0.25, 0.3) is 15.9 Å². The number of nitrogens with one attached hydrogen (secondary N) is 3. The Balaban J connectivity index is 2.09. The van der Waals surface area contributed by atoms with Crippen LogP contribution >= 0.6 is 0 Å². The van der Waals surface area contributed by atoms with Crippen LogP contribution in [0.1, 0.15) is 15.9 Å². The summed E-state index contributed by atoms with van der Waals surface area (Å²) in [5.41, 5.74) is 3.86. The number of primary sulfonamides is 1. The molecule has 12 heteroatoms. The smallest absolute Gasteiger partial charge is 0.267 e. The van der Waals surface area contributed by atoms with Crippen molar-refractivity contribution in [2.75, 3.05) is 0 Å². The second-order valence-corrected chi connectivity index (χ2v) is 8.50. The lowest BCUT2D eigenvalue weighted by Crippen LogP contribution is -2.48. The molecule has 0 spiro atoms. The molecular weight excluding hydrogens is 396 g/mol. The summed E-state index contributed by atoms with van der Waals surface area (Å²) in [6.45, 7) is 1.55. The number of carbonyl (C=O) groups is 2. The highest BCUT2D eigenvalue weighted by atomic mass is 32.2. The summed E-state index contributed by atoms with van der Waals surface area (Å²) in [4.78, 5) is 23.3. The zero-order chi connectivity index (χ0) is 20.2. The molecule has 0 aliphatic heterocycles. The summed E-state index contributed by atoms with van der Waals surface area (Å²) in [6, 6.07) is 9.82. The first-order valence-corrected chi connectivity index (χ1v) is 10.4. The Morgan fingerprint density at radius 2 is 1.41 bits per heavy atom. The summed E-state index contributed by atoms with van der Waals surface area (Å²) < 4.78 is 49.1. The predicted molar refractivity (Wildman–Crippen MR) is 95.3 cm³/mol. The molecule has 2 rings (SSSR count). The molecule has 2 aromatic carbocycles. The number of carbonyl (C=O) groups excluding carboxylic acids is 2. The van der Waals surface area contributed by atoms with Crippen LogP contribution in [0.25, 0.3) is 0 Å². The van der Waals surface area contributed by atoms with Gasteiger partial charge in [0.2, 0.25) is 10.0 Å². The van der Waals surface area contributed by atoms with Crippen molar-refractivity contribution in [1.82, 2.24) is 15.6 Å². The molecule has 3 amide bonds. The topological polar surface area (TPSA) is 165 Å². The minimum atomic E-state index is -4.17. The lowest BCUT2D eigenvalue weighted by molar-refractivity contribution is 0.0933. The van der Waals surface area contributed by atoms with Gasteiger partial charge in [0.15, 0.2) is 0 Å². The van der Waals surface area contributed by atoms with Gasteiger partial charge in [-0.3, -0.25) is 10.2 Å². The van der Waals surface area contributed by atoms with Crippen molar-refractivity contribution in [3.8, 4) is 0 Å². The maximum atomic E-state index is 12.2. The van der Waals surface area contributed by atoms with Gasteiger partial charge in [0.05, 0.1) is 15.4 Å². The maximum absolute atomic E-state index is 12.2. The average Bonchev–Trinajstić information content (AvgIpc) is 2.58. The van der Waals surface area contributed by atoms with E-state index in [-0.39, 0.29) is 10.5 Å². The van der Waals surface area contributed by atoms with Crippen LogP contribution in [-0.2, 0) is 20.0 Å². The maximum Gasteiger partial charge on any atom is 0.347 e. The SMILES string of the molecule is Cc1ccccc1S(=O)(=O)NC(=O)NNC(=O)c1ccccc1S(N)(=O)=O. The molecule has 10 nitrogen and oxygen atoms in total. The van der Waals surface area contributed by atoms with Crippen molar-refractivity contribution in [1.29, 1.82) is 0 Å². The van der Waals surface area contributed by atoms with E-state index in [0.29, 0.717) is 5.56 Å². The molecule has 0 saturated carbocycles. The third kappa shape index (κ3) is 5.03. The monoisotopic (exact) mass is 412 g/mol. The number of rotatable bonds is 4. The van der Waals surface area contributed by atoms with Crippen LogP contribution in [0, 0.1) is 6.92 Å². The van der Waals surface area contributed by atoms with Crippen molar-refractivity contribution in [2.45, 2.75) is 16.7 Å². The lowest BCUT2D eigenvalue weighted by Gasteiger charge is -2.12. The van der Waals surface area contributed by atoms with Gasteiger partial charge in [0.1, 0.15) is 0 Å². The molecule has 27 heavy (non-hydrogen) atoms. The second-order valence-electron chi connectivity index (χ2n) is 5.32. The van der Waals surface area contributed by atoms with Crippen LogP contribution in [-0.4, -0.2) is 28.8 Å². The van der Waals surface area contributed by atoms with E-state index < -0.39 is 36.9 Å². The van der Waals surface area contributed by atoms with E-state index in [1.54, 1.807) is 23.8 Å².